The third kappa shape index (κ3) is 2.91. The van der Waals surface area contributed by atoms with E-state index in [0.29, 0.717) is 16.9 Å². The van der Waals surface area contributed by atoms with Crippen molar-refractivity contribution in [2.75, 3.05) is 22.9 Å². The molecule has 1 saturated heterocycles. The molecule has 0 N–H and O–H groups in total. The summed E-state index contributed by atoms with van der Waals surface area (Å²) >= 11 is 0. The fourth-order valence-electron chi connectivity index (χ4n) is 3.83. The number of benzene rings is 1. The molecule has 2 aliphatic rings. The van der Waals surface area contributed by atoms with Crippen LogP contribution in [0.3, 0.4) is 0 Å². The van der Waals surface area contributed by atoms with Crippen LogP contribution in [0.25, 0.3) is 5.69 Å². The number of pyridine rings is 1. The highest BCUT2D eigenvalue weighted by Gasteiger charge is 2.32. The lowest BCUT2D eigenvalue weighted by molar-refractivity contribution is 0.0996. The van der Waals surface area contributed by atoms with Crippen LogP contribution >= 0.6 is 0 Å². The van der Waals surface area contributed by atoms with Gasteiger partial charge in [-0.15, -0.1) is 0 Å². The summed E-state index contributed by atoms with van der Waals surface area (Å²) in [4.78, 5) is 21.1. The number of amides is 1. The maximum absolute atomic E-state index is 13.6. The third-order valence-corrected chi connectivity index (χ3v) is 5.38. The van der Waals surface area contributed by atoms with Crippen LogP contribution in [0.2, 0.25) is 0 Å². The summed E-state index contributed by atoms with van der Waals surface area (Å²) in [6.07, 6.45) is 5.84. The highest BCUT2D eigenvalue weighted by Crippen LogP contribution is 2.29. The van der Waals surface area contributed by atoms with Crippen molar-refractivity contribution in [2.24, 2.45) is 0 Å². The van der Waals surface area contributed by atoms with E-state index < -0.39 is 5.82 Å². The molecule has 2 aromatic heterocycles. The lowest BCUT2D eigenvalue weighted by Gasteiger charge is -2.17. The first-order valence-corrected chi connectivity index (χ1v) is 9.45. The Labute approximate surface area is 166 Å². The van der Waals surface area contributed by atoms with Gasteiger partial charge in [0.1, 0.15) is 17.7 Å². The third-order valence-electron chi connectivity index (χ3n) is 5.38. The highest BCUT2D eigenvalue weighted by molar-refractivity contribution is 6.09. The van der Waals surface area contributed by atoms with E-state index in [0.717, 1.165) is 24.6 Å². The van der Waals surface area contributed by atoms with E-state index in [1.54, 1.807) is 23.1 Å². The number of hydrogen-bond acceptors (Lipinski definition) is 5. The van der Waals surface area contributed by atoms with Gasteiger partial charge in [-0.05, 0) is 43.2 Å². The minimum absolute atomic E-state index is 0.0888. The Bertz CT molecular complexity index is 1140. The van der Waals surface area contributed by atoms with Crippen molar-refractivity contribution in [3.63, 3.8) is 0 Å². The average molecular weight is 388 g/mol. The lowest BCUT2D eigenvalue weighted by Crippen LogP contribution is -2.24. The summed E-state index contributed by atoms with van der Waals surface area (Å²) in [5.41, 5.74) is 2.32. The Morgan fingerprint density at radius 1 is 1.10 bits per heavy atom. The number of fused-ring (bicyclic) bond motifs is 1. The van der Waals surface area contributed by atoms with Crippen LogP contribution < -0.4 is 9.80 Å². The normalized spacial score (nSPS) is 15.7. The van der Waals surface area contributed by atoms with Crippen molar-refractivity contribution in [3.05, 3.63) is 65.4 Å². The SMILES string of the molecule is N#Cc1cc(N2Cc3nn(-c4ccc(N5CCCC5)nc4)cc3C2=O)ccc1F. The molecular weight excluding hydrogens is 371 g/mol. The Hall–Kier alpha value is -3.73. The van der Waals surface area contributed by atoms with Gasteiger partial charge in [-0.25, -0.2) is 14.1 Å². The van der Waals surface area contributed by atoms with Crippen LogP contribution in [0, 0.1) is 17.1 Å². The van der Waals surface area contributed by atoms with Crippen molar-refractivity contribution >= 4 is 17.4 Å². The Morgan fingerprint density at radius 3 is 2.59 bits per heavy atom. The molecule has 144 valence electrons. The zero-order valence-electron chi connectivity index (χ0n) is 15.5. The maximum atomic E-state index is 13.6. The molecular formula is C21H17FN6O. The van der Waals surface area contributed by atoms with E-state index in [2.05, 4.69) is 15.0 Å². The summed E-state index contributed by atoms with van der Waals surface area (Å²) in [6.45, 7) is 2.34. The second kappa shape index (κ2) is 6.71. The number of carbonyl (C=O) groups is 1. The standard InChI is InChI=1S/C21H17FN6O/c22-18-5-3-15(9-14(18)10-23)27-13-19-17(21(27)29)12-28(25-19)16-4-6-20(24-11-16)26-7-1-2-8-26/h3-6,9,11-12H,1-2,7-8,13H2. The molecule has 0 bridgehead atoms. The topological polar surface area (TPSA) is 78.1 Å². The van der Waals surface area contributed by atoms with E-state index >= 15 is 0 Å². The summed E-state index contributed by atoms with van der Waals surface area (Å²) in [6, 6.07) is 9.80. The van der Waals surface area contributed by atoms with Gasteiger partial charge in [-0.2, -0.15) is 10.4 Å². The van der Waals surface area contributed by atoms with Gasteiger partial charge in [0.05, 0.1) is 35.2 Å². The molecule has 1 fully saturated rings. The van der Waals surface area contributed by atoms with Crippen LogP contribution in [0.15, 0.2) is 42.7 Å². The van der Waals surface area contributed by atoms with Gasteiger partial charge >= 0.3 is 0 Å². The summed E-state index contributed by atoms with van der Waals surface area (Å²) in [5.74, 6) is 0.136. The average Bonchev–Trinajstić information content (AvgIpc) is 3.47. The Balaban J connectivity index is 1.39. The van der Waals surface area contributed by atoms with Crippen LogP contribution in [0.1, 0.15) is 34.5 Å². The van der Waals surface area contributed by atoms with Gasteiger partial charge in [-0.1, -0.05) is 0 Å². The van der Waals surface area contributed by atoms with Crippen molar-refractivity contribution in [1.29, 1.82) is 5.26 Å². The van der Waals surface area contributed by atoms with E-state index in [4.69, 9.17) is 5.26 Å². The van der Waals surface area contributed by atoms with Crippen LogP contribution in [-0.2, 0) is 6.54 Å². The molecule has 3 aromatic rings. The Kier molecular flexibility index (Phi) is 4.02. The second-order valence-corrected chi connectivity index (χ2v) is 7.17. The van der Waals surface area contributed by atoms with Crippen LogP contribution in [0.4, 0.5) is 15.9 Å². The minimum Gasteiger partial charge on any atom is -0.357 e. The number of rotatable bonds is 3. The first kappa shape index (κ1) is 17.4. The molecule has 0 radical (unpaired) electrons. The van der Waals surface area contributed by atoms with Crippen molar-refractivity contribution in [3.8, 4) is 11.8 Å². The molecule has 0 saturated carbocycles. The number of anilines is 2. The number of halogens is 1. The zero-order chi connectivity index (χ0) is 20.0. The first-order valence-electron chi connectivity index (χ1n) is 9.45. The fraction of sp³-hybridized carbons (Fsp3) is 0.238. The highest BCUT2D eigenvalue weighted by atomic mass is 19.1. The summed E-state index contributed by atoms with van der Waals surface area (Å²) < 4.78 is 15.2. The molecule has 4 heterocycles. The fourth-order valence-corrected chi connectivity index (χ4v) is 3.83. The number of nitriles is 1. The predicted molar refractivity (Wildman–Crippen MR) is 104 cm³/mol. The number of nitrogens with zero attached hydrogens (tertiary/aromatic N) is 6. The summed E-state index contributed by atoms with van der Waals surface area (Å²) in [5, 5.41) is 13.6. The molecule has 29 heavy (non-hydrogen) atoms. The predicted octanol–water partition coefficient (Wildman–Crippen LogP) is 3.04. The molecule has 8 heteroatoms. The molecule has 0 spiro atoms. The maximum Gasteiger partial charge on any atom is 0.262 e. The minimum atomic E-state index is -0.601. The molecule has 1 aromatic carbocycles. The van der Waals surface area contributed by atoms with Gasteiger partial charge in [-0.3, -0.25) is 4.79 Å². The molecule has 0 aliphatic carbocycles. The molecule has 1 amide bonds. The van der Waals surface area contributed by atoms with E-state index in [-0.39, 0.29) is 18.0 Å². The van der Waals surface area contributed by atoms with Gasteiger partial charge < -0.3 is 9.80 Å². The van der Waals surface area contributed by atoms with Gasteiger partial charge in [0.2, 0.25) is 0 Å². The number of carbonyl (C=O) groups excluding carboxylic acids is 1. The zero-order valence-corrected chi connectivity index (χ0v) is 15.5. The van der Waals surface area contributed by atoms with Gasteiger partial charge in [0.15, 0.2) is 0 Å². The number of aromatic nitrogens is 3. The molecule has 0 unspecified atom stereocenters. The largest absolute Gasteiger partial charge is 0.357 e. The van der Waals surface area contributed by atoms with E-state index in [1.165, 1.54) is 35.9 Å². The molecule has 7 nitrogen and oxygen atoms in total. The van der Waals surface area contributed by atoms with Gasteiger partial charge in [0.25, 0.3) is 5.91 Å². The molecule has 0 atom stereocenters. The lowest BCUT2D eigenvalue weighted by atomic mass is 10.2. The van der Waals surface area contributed by atoms with Crippen LogP contribution in [0.5, 0.6) is 0 Å². The van der Waals surface area contributed by atoms with E-state index in [1.807, 2.05) is 12.1 Å². The monoisotopic (exact) mass is 388 g/mol. The quantitative estimate of drug-likeness (QED) is 0.689. The van der Waals surface area contributed by atoms with Crippen molar-refractivity contribution < 1.29 is 9.18 Å². The Morgan fingerprint density at radius 2 is 1.90 bits per heavy atom. The second-order valence-electron chi connectivity index (χ2n) is 7.17. The van der Waals surface area contributed by atoms with Gasteiger partial charge in [0, 0.05) is 25.0 Å². The molecule has 5 rings (SSSR count). The van der Waals surface area contributed by atoms with Crippen molar-refractivity contribution in [1.82, 2.24) is 14.8 Å². The van der Waals surface area contributed by atoms with E-state index in [9.17, 15) is 9.18 Å². The molecule has 2 aliphatic heterocycles. The smallest absolute Gasteiger partial charge is 0.262 e. The number of hydrogen-bond donors (Lipinski definition) is 0. The van der Waals surface area contributed by atoms with Crippen LogP contribution in [-0.4, -0.2) is 33.8 Å². The first-order chi connectivity index (χ1) is 14.1. The van der Waals surface area contributed by atoms with Crippen molar-refractivity contribution in [2.45, 2.75) is 19.4 Å². The summed E-state index contributed by atoms with van der Waals surface area (Å²) in [7, 11) is 0.